The molecule has 2 unspecified atom stereocenters. The standard InChI is InChI=1S/C16H17N2O3P/c1-17-14-11-7-6-10-13(14)15(19)18(2)22(17,21)16(20)12-8-4-3-5-9-12/h3-11,16,20H,1-2H3. The Morgan fingerprint density at radius 3 is 2.23 bits per heavy atom. The van der Waals surface area contributed by atoms with Crippen LogP contribution in [-0.4, -0.2) is 29.8 Å². The van der Waals surface area contributed by atoms with Gasteiger partial charge in [-0.3, -0.25) is 14.0 Å². The van der Waals surface area contributed by atoms with E-state index >= 15 is 0 Å². The SMILES string of the molecule is CN1C(=O)c2ccccc2N(C)P1(=O)C(O)c1ccccc1. The Morgan fingerprint density at radius 1 is 0.955 bits per heavy atom. The maximum Gasteiger partial charge on any atom is 0.297 e. The van der Waals surface area contributed by atoms with Crippen LogP contribution in [0.3, 0.4) is 0 Å². The number of carbonyl (C=O) groups is 1. The molecule has 114 valence electrons. The largest absolute Gasteiger partial charge is 0.377 e. The van der Waals surface area contributed by atoms with Crippen molar-refractivity contribution in [2.75, 3.05) is 18.8 Å². The van der Waals surface area contributed by atoms with E-state index in [4.69, 9.17) is 0 Å². The molecule has 5 nitrogen and oxygen atoms in total. The molecular formula is C16H17N2O3P. The second-order valence-corrected chi connectivity index (χ2v) is 8.11. The number of benzene rings is 2. The highest BCUT2D eigenvalue weighted by Gasteiger charge is 2.48. The zero-order valence-electron chi connectivity index (χ0n) is 12.4. The molecule has 0 radical (unpaired) electrons. The van der Waals surface area contributed by atoms with Crippen molar-refractivity contribution in [3.05, 3.63) is 65.7 Å². The quantitative estimate of drug-likeness (QED) is 0.865. The minimum Gasteiger partial charge on any atom is -0.377 e. The number of anilines is 1. The van der Waals surface area contributed by atoms with Crippen molar-refractivity contribution < 1.29 is 14.5 Å². The summed E-state index contributed by atoms with van der Waals surface area (Å²) in [6.07, 6.45) is 0. The lowest BCUT2D eigenvalue weighted by molar-refractivity contribution is 0.0866. The molecule has 1 N–H and O–H groups in total. The summed E-state index contributed by atoms with van der Waals surface area (Å²) in [6, 6.07) is 15.8. The molecular weight excluding hydrogens is 299 g/mol. The van der Waals surface area contributed by atoms with Crippen molar-refractivity contribution >= 4 is 19.0 Å². The molecule has 0 fully saturated rings. The third-order valence-corrected chi connectivity index (χ3v) is 7.10. The van der Waals surface area contributed by atoms with Gasteiger partial charge < -0.3 is 9.78 Å². The van der Waals surface area contributed by atoms with Gasteiger partial charge in [0.25, 0.3) is 13.4 Å². The summed E-state index contributed by atoms with van der Waals surface area (Å²) >= 11 is 0. The molecule has 0 aromatic heterocycles. The van der Waals surface area contributed by atoms with Crippen LogP contribution in [0, 0.1) is 0 Å². The summed E-state index contributed by atoms with van der Waals surface area (Å²) < 4.78 is 16.3. The van der Waals surface area contributed by atoms with Crippen molar-refractivity contribution in [1.29, 1.82) is 0 Å². The third-order valence-electron chi connectivity index (χ3n) is 4.05. The van der Waals surface area contributed by atoms with Crippen molar-refractivity contribution in [2.45, 2.75) is 5.85 Å². The van der Waals surface area contributed by atoms with Crippen molar-refractivity contribution in [1.82, 2.24) is 4.67 Å². The van der Waals surface area contributed by atoms with Crippen LogP contribution >= 0.6 is 7.44 Å². The van der Waals surface area contributed by atoms with Gasteiger partial charge in [0.1, 0.15) is 0 Å². The Balaban J connectivity index is 2.14. The Bertz CT molecular complexity index is 763. The first kappa shape index (κ1) is 14.8. The lowest BCUT2D eigenvalue weighted by Crippen LogP contribution is -2.39. The lowest BCUT2D eigenvalue weighted by Gasteiger charge is -2.43. The van der Waals surface area contributed by atoms with Gasteiger partial charge in [-0.05, 0) is 17.7 Å². The number of rotatable bonds is 2. The molecule has 1 aliphatic heterocycles. The van der Waals surface area contributed by atoms with Gasteiger partial charge in [0, 0.05) is 14.1 Å². The molecule has 0 aliphatic carbocycles. The van der Waals surface area contributed by atoms with Crippen LogP contribution in [0.4, 0.5) is 5.69 Å². The van der Waals surface area contributed by atoms with Gasteiger partial charge in [0.2, 0.25) is 0 Å². The van der Waals surface area contributed by atoms with E-state index in [1.165, 1.54) is 16.4 Å². The molecule has 0 saturated heterocycles. The Morgan fingerprint density at radius 2 is 1.55 bits per heavy atom. The zero-order valence-corrected chi connectivity index (χ0v) is 13.3. The Kier molecular flexibility index (Phi) is 3.55. The highest BCUT2D eigenvalue weighted by Crippen LogP contribution is 2.65. The first-order valence-electron chi connectivity index (χ1n) is 6.92. The molecule has 0 saturated carbocycles. The molecule has 6 heteroatoms. The number of carbonyl (C=O) groups excluding carboxylic acids is 1. The fourth-order valence-electron chi connectivity index (χ4n) is 2.74. The predicted octanol–water partition coefficient (Wildman–Crippen LogP) is 3.09. The average Bonchev–Trinajstić information content (AvgIpc) is 2.58. The van der Waals surface area contributed by atoms with Gasteiger partial charge in [0.15, 0.2) is 5.85 Å². The molecule has 2 aromatic rings. The Hall–Kier alpha value is -2.10. The molecule has 22 heavy (non-hydrogen) atoms. The van der Waals surface area contributed by atoms with E-state index < -0.39 is 13.3 Å². The number of para-hydroxylation sites is 1. The van der Waals surface area contributed by atoms with Crippen LogP contribution in [0.15, 0.2) is 54.6 Å². The minimum absolute atomic E-state index is 0.341. The van der Waals surface area contributed by atoms with Crippen LogP contribution in [0.2, 0.25) is 0 Å². The normalized spacial score (nSPS) is 22.4. The van der Waals surface area contributed by atoms with Crippen LogP contribution < -0.4 is 4.67 Å². The van der Waals surface area contributed by atoms with E-state index in [0.29, 0.717) is 16.8 Å². The van der Waals surface area contributed by atoms with Gasteiger partial charge in [-0.15, -0.1) is 0 Å². The molecule has 1 heterocycles. The summed E-state index contributed by atoms with van der Waals surface area (Å²) in [5, 5.41) is 10.7. The van der Waals surface area contributed by atoms with Crippen LogP contribution in [0.25, 0.3) is 0 Å². The molecule has 1 amide bonds. The van der Waals surface area contributed by atoms with E-state index in [1.807, 2.05) is 6.07 Å². The van der Waals surface area contributed by atoms with Crippen molar-refractivity contribution in [3.8, 4) is 0 Å². The topological polar surface area (TPSA) is 60.9 Å². The summed E-state index contributed by atoms with van der Waals surface area (Å²) in [4.78, 5) is 12.5. The van der Waals surface area contributed by atoms with E-state index in [-0.39, 0.29) is 5.91 Å². The van der Waals surface area contributed by atoms with Gasteiger partial charge in [-0.2, -0.15) is 0 Å². The minimum atomic E-state index is -3.52. The number of fused-ring (bicyclic) bond motifs is 1. The summed E-state index contributed by atoms with van der Waals surface area (Å²) in [5.41, 5.74) is 1.58. The second-order valence-electron chi connectivity index (χ2n) is 5.24. The van der Waals surface area contributed by atoms with Gasteiger partial charge in [0.05, 0.1) is 11.3 Å². The summed E-state index contributed by atoms with van der Waals surface area (Å²) in [5.74, 6) is -1.60. The summed E-state index contributed by atoms with van der Waals surface area (Å²) in [7, 11) is -0.403. The number of aliphatic hydroxyl groups excluding tert-OH is 1. The molecule has 0 spiro atoms. The second kappa shape index (κ2) is 5.27. The fraction of sp³-hybridized carbons (Fsp3) is 0.188. The van der Waals surface area contributed by atoms with E-state index in [0.717, 1.165) is 0 Å². The first-order valence-corrected chi connectivity index (χ1v) is 8.60. The van der Waals surface area contributed by atoms with Crippen LogP contribution in [0.1, 0.15) is 21.8 Å². The maximum absolute atomic E-state index is 13.5. The van der Waals surface area contributed by atoms with Crippen molar-refractivity contribution in [2.24, 2.45) is 0 Å². The predicted molar refractivity (Wildman–Crippen MR) is 85.9 cm³/mol. The van der Waals surface area contributed by atoms with E-state index in [2.05, 4.69) is 0 Å². The number of nitrogens with zero attached hydrogens (tertiary/aromatic N) is 2. The highest BCUT2D eigenvalue weighted by molar-refractivity contribution is 7.64. The zero-order chi connectivity index (χ0) is 15.9. The highest BCUT2D eigenvalue weighted by atomic mass is 31.2. The molecule has 0 bridgehead atoms. The monoisotopic (exact) mass is 316 g/mol. The third kappa shape index (κ3) is 1.97. The first-order chi connectivity index (χ1) is 10.5. The number of amides is 1. The maximum atomic E-state index is 13.5. The number of hydrogen-bond acceptors (Lipinski definition) is 3. The van der Waals surface area contributed by atoms with Gasteiger partial charge in [-0.1, -0.05) is 42.5 Å². The smallest absolute Gasteiger partial charge is 0.297 e. The van der Waals surface area contributed by atoms with E-state index in [9.17, 15) is 14.5 Å². The molecule has 1 aliphatic rings. The number of hydrogen-bond donors (Lipinski definition) is 1. The summed E-state index contributed by atoms with van der Waals surface area (Å²) in [6.45, 7) is 0. The van der Waals surface area contributed by atoms with Crippen molar-refractivity contribution in [3.63, 3.8) is 0 Å². The number of aliphatic hydroxyl groups is 1. The van der Waals surface area contributed by atoms with Gasteiger partial charge >= 0.3 is 0 Å². The molecule has 2 atom stereocenters. The Labute approximate surface area is 129 Å². The fourth-order valence-corrected chi connectivity index (χ4v) is 5.21. The molecule has 3 rings (SSSR count). The molecule has 2 aromatic carbocycles. The average molecular weight is 316 g/mol. The van der Waals surface area contributed by atoms with Gasteiger partial charge in [-0.25, -0.2) is 0 Å². The van der Waals surface area contributed by atoms with Crippen LogP contribution in [0.5, 0.6) is 0 Å². The van der Waals surface area contributed by atoms with Crippen LogP contribution in [-0.2, 0) is 4.57 Å². The van der Waals surface area contributed by atoms with E-state index in [1.54, 1.807) is 55.6 Å². The lowest BCUT2D eigenvalue weighted by atomic mass is 10.1.